The van der Waals surface area contributed by atoms with Gasteiger partial charge in [0.1, 0.15) is 0 Å². The molecule has 0 aromatic heterocycles. The van der Waals surface area contributed by atoms with Crippen molar-refractivity contribution in [2.24, 2.45) is 0 Å². The number of hydrogen-bond donors (Lipinski definition) is 0. The van der Waals surface area contributed by atoms with Crippen LogP contribution >= 0.6 is 0 Å². The first kappa shape index (κ1) is 20.6. The van der Waals surface area contributed by atoms with Crippen LogP contribution < -0.4 is 0 Å². The first-order chi connectivity index (χ1) is 14.3. The molecule has 2 aromatic rings. The molecular weight excluding hydrogens is 402 g/mol. The van der Waals surface area contributed by atoms with E-state index in [1.54, 1.807) is 17.0 Å². The second-order valence-electron chi connectivity index (χ2n) is 7.85. The lowest BCUT2D eigenvalue weighted by Gasteiger charge is -2.48. The van der Waals surface area contributed by atoms with Crippen molar-refractivity contribution >= 4 is 21.7 Å². The highest BCUT2D eigenvalue weighted by Crippen LogP contribution is 2.21. The minimum absolute atomic E-state index is 0.0678. The van der Waals surface area contributed by atoms with Gasteiger partial charge in [0.2, 0.25) is 0 Å². The Balaban J connectivity index is 1.27. The molecular formula is C22H25N3O4S. The largest absolute Gasteiger partial charge is 0.336 e. The summed E-state index contributed by atoms with van der Waals surface area (Å²) in [6, 6.07) is 15.7. The standard InChI is InChI=1S/C22H25N3O4S/c1-30(28,29)20-9-7-18(8-10-20)22(27)25-15-19(16-25)23-11-13-24(14-12-23)21(26)17-5-3-2-4-6-17/h2-10,19H,11-16H2,1H3. The zero-order valence-corrected chi connectivity index (χ0v) is 17.7. The summed E-state index contributed by atoms with van der Waals surface area (Å²) in [7, 11) is -3.27. The normalized spacial score (nSPS) is 18.2. The Kier molecular flexibility index (Phi) is 5.62. The lowest BCUT2D eigenvalue weighted by Crippen LogP contribution is -2.64. The molecule has 0 saturated carbocycles. The molecule has 2 aliphatic rings. The Labute approximate surface area is 176 Å². The lowest BCUT2D eigenvalue weighted by molar-refractivity contribution is 0.00853. The number of amides is 2. The van der Waals surface area contributed by atoms with Crippen LogP contribution in [0.5, 0.6) is 0 Å². The van der Waals surface area contributed by atoms with E-state index in [4.69, 9.17) is 0 Å². The van der Waals surface area contributed by atoms with Gasteiger partial charge in [0.25, 0.3) is 11.8 Å². The van der Waals surface area contributed by atoms with E-state index in [-0.39, 0.29) is 16.7 Å². The molecule has 2 amide bonds. The van der Waals surface area contributed by atoms with Crippen molar-refractivity contribution in [2.45, 2.75) is 10.9 Å². The van der Waals surface area contributed by atoms with Crippen LogP contribution in [0.3, 0.4) is 0 Å². The monoisotopic (exact) mass is 427 g/mol. The Hall–Kier alpha value is -2.71. The maximum Gasteiger partial charge on any atom is 0.253 e. The number of carbonyl (C=O) groups is 2. The van der Waals surface area contributed by atoms with Crippen molar-refractivity contribution in [2.75, 3.05) is 45.5 Å². The van der Waals surface area contributed by atoms with Crippen LogP contribution in [-0.2, 0) is 9.84 Å². The number of piperazine rings is 1. The smallest absolute Gasteiger partial charge is 0.253 e. The third-order valence-electron chi connectivity index (χ3n) is 5.82. The predicted octanol–water partition coefficient (Wildman–Crippen LogP) is 1.37. The van der Waals surface area contributed by atoms with Gasteiger partial charge >= 0.3 is 0 Å². The number of benzene rings is 2. The number of carbonyl (C=O) groups excluding carboxylic acids is 2. The van der Waals surface area contributed by atoms with Crippen molar-refractivity contribution < 1.29 is 18.0 Å². The van der Waals surface area contributed by atoms with Crippen molar-refractivity contribution in [3.8, 4) is 0 Å². The van der Waals surface area contributed by atoms with Crippen LogP contribution in [0, 0.1) is 0 Å². The van der Waals surface area contributed by atoms with Gasteiger partial charge in [-0.15, -0.1) is 0 Å². The zero-order chi connectivity index (χ0) is 21.3. The molecule has 0 atom stereocenters. The molecule has 8 heteroatoms. The summed E-state index contributed by atoms with van der Waals surface area (Å²) in [4.78, 5) is 31.4. The molecule has 158 valence electrons. The van der Waals surface area contributed by atoms with E-state index in [1.165, 1.54) is 12.1 Å². The Morgan fingerprint density at radius 1 is 0.767 bits per heavy atom. The topological polar surface area (TPSA) is 78.0 Å². The first-order valence-electron chi connectivity index (χ1n) is 10.0. The molecule has 2 fully saturated rings. The fourth-order valence-corrected chi connectivity index (χ4v) is 4.56. The fraction of sp³-hybridized carbons (Fsp3) is 0.364. The third-order valence-corrected chi connectivity index (χ3v) is 6.95. The molecule has 30 heavy (non-hydrogen) atoms. The summed E-state index contributed by atoms with van der Waals surface area (Å²) in [6.07, 6.45) is 1.15. The molecule has 2 aromatic carbocycles. The van der Waals surface area contributed by atoms with Crippen molar-refractivity contribution in [3.63, 3.8) is 0 Å². The van der Waals surface area contributed by atoms with Crippen molar-refractivity contribution in [3.05, 3.63) is 65.7 Å². The maximum absolute atomic E-state index is 12.6. The van der Waals surface area contributed by atoms with E-state index in [1.807, 2.05) is 35.2 Å². The zero-order valence-electron chi connectivity index (χ0n) is 16.9. The van der Waals surface area contributed by atoms with Crippen LogP contribution in [0.15, 0.2) is 59.5 Å². The molecule has 0 radical (unpaired) electrons. The number of sulfone groups is 1. The summed E-state index contributed by atoms with van der Waals surface area (Å²) in [5.74, 6) is -0.0117. The minimum Gasteiger partial charge on any atom is -0.336 e. The van der Waals surface area contributed by atoms with E-state index >= 15 is 0 Å². The second-order valence-corrected chi connectivity index (χ2v) is 9.87. The Bertz CT molecular complexity index is 1020. The van der Waals surface area contributed by atoms with Gasteiger partial charge in [-0.2, -0.15) is 0 Å². The van der Waals surface area contributed by atoms with E-state index in [2.05, 4.69) is 4.90 Å². The molecule has 0 aliphatic carbocycles. The highest BCUT2D eigenvalue weighted by Gasteiger charge is 2.37. The van der Waals surface area contributed by atoms with E-state index < -0.39 is 9.84 Å². The first-order valence-corrected chi connectivity index (χ1v) is 11.9. The molecule has 2 heterocycles. The molecule has 4 rings (SSSR count). The number of hydrogen-bond acceptors (Lipinski definition) is 5. The van der Waals surface area contributed by atoms with Crippen molar-refractivity contribution in [1.82, 2.24) is 14.7 Å². The van der Waals surface area contributed by atoms with Gasteiger partial charge in [0.15, 0.2) is 9.84 Å². The van der Waals surface area contributed by atoms with Crippen LogP contribution in [-0.4, -0.2) is 86.5 Å². The summed E-state index contributed by atoms with van der Waals surface area (Å²) >= 11 is 0. The van der Waals surface area contributed by atoms with Crippen LogP contribution in [0.1, 0.15) is 20.7 Å². The van der Waals surface area contributed by atoms with E-state index in [9.17, 15) is 18.0 Å². The van der Waals surface area contributed by atoms with Crippen LogP contribution in [0.4, 0.5) is 0 Å². The van der Waals surface area contributed by atoms with Crippen LogP contribution in [0.25, 0.3) is 0 Å². The van der Waals surface area contributed by atoms with Gasteiger partial charge in [0.05, 0.1) is 4.90 Å². The van der Waals surface area contributed by atoms with Gasteiger partial charge in [-0.05, 0) is 36.4 Å². The van der Waals surface area contributed by atoms with Gasteiger partial charge in [-0.3, -0.25) is 14.5 Å². The highest BCUT2D eigenvalue weighted by molar-refractivity contribution is 7.90. The number of rotatable bonds is 4. The van der Waals surface area contributed by atoms with E-state index in [0.29, 0.717) is 43.3 Å². The molecule has 0 N–H and O–H groups in total. The lowest BCUT2D eigenvalue weighted by atomic mass is 10.0. The average Bonchev–Trinajstić information content (AvgIpc) is 2.73. The van der Waals surface area contributed by atoms with Gasteiger partial charge in [-0.25, -0.2) is 8.42 Å². The Morgan fingerprint density at radius 2 is 1.30 bits per heavy atom. The summed E-state index contributed by atoms with van der Waals surface area (Å²) in [5.41, 5.74) is 1.22. The van der Waals surface area contributed by atoms with Gasteiger partial charge in [0, 0.05) is 62.7 Å². The fourth-order valence-electron chi connectivity index (χ4n) is 3.93. The summed E-state index contributed by atoms with van der Waals surface area (Å²) < 4.78 is 23.1. The maximum atomic E-state index is 12.6. The Morgan fingerprint density at radius 3 is 1.87 bits per heavy atom. The summed E-state index contributed by atoms with van der Waals surface area (Å²) in [5, 5.41) is 0. The highest BCUT2D eigenvalue weighted by atomic mass is 32.2. The second kappa shape index (κ2) is 8.20. The van der Waals surface area contributed by atoms with Gasteiger partial charge < -0.3 is 9.80 Å². The minimum atomic E-state index is -3.27. The average molecular weight is 428 g/mol. The molecule has 2 saturated heterocycles. The van der Waals surface area contributed by atoms with Gasteiger partial charge in [-0.1, -0.05) is 18.2 Å². The summed E-state index contributed by atoms with van der Waals surface area (Å²) in [6.45, 7) is 4.28. The quantitative estimate of drug-likeness (QED) is 0.737. The number of nitrogens with zero attached hydrogens (tertiary/aromatic N) is 3. The van der Waals surface area contributed by atoms with Crippen molar-refractivity contribution in [1.29, 1.82) is 0 Å². The molecule has 0 bridgehead atoms. The molecule has 7 nitrogen and oxygen atoms in total. The number of likely N-dealkylation sites (tertiary alicyclic amines) is 1. The van der Waals surface area contributed by atoms with E-state index in [0.717, 1.165) is 19.3 Å². The molecule has 2 aliphatic heterocycles. The SMILES string of the molecule is CS(=O)(=O)c1ccc(C(=O)N2CC(N3CCN(C(=O)c4ccccc4)CC3)C2)cc1. The molecule has 0 spiro atoms. The van der Waals surface area contributed by atoms with Crippen LogP contribution in [0.2, 0.25) is 0 Å². The molecule has 0 unspecified atom stereocenters. The predicted molar refractivity (Wildman–Crippen MR) is 113 cm³/mol. The third kappa shape index (κ3) is 4.24.